The highest BCUT2D eigenvalue weighted by atomic mass is 16.5. The van der Waals surface area contributed by atoms with Crippen molar-refractivity contribution < 1.29 is 4.52 Å². The number of hydrogen-bond donors (Lipinski definition) is 1. The van der Waals surface area contributed by atoms with E-state index in [9.17, 15) is 0 Å². The van der Waals surface area contributed by atoms with Gasteiger partial charge in [0.2, 0.25) is 5.89 Å². The molecule has 2 heterocycles. The maximum absolute atomic E-state index is 8.83. The predicted molar refractivity (Wildman–Crippen MR) is 58.0 cm³/mol. The molecule has 0 atom stereocenters. The molecule has 2 aromatic heterocycles. The van der Waals surface area contributed by atoms with Crippen LogP contribution in [-0.4, -0.2) is 26.7 Å². The maximum Gasteiger partial charge on any atom is 0.228 e. The summed E-state index contributed by atoms with van der Waals surface area (Å²) in [6, 6.07) is 2.01. The summed E-state index contributed by atoms with van der Waals surface area (Å²) in [6.45, 7) is 2.33. The summed E-state index contributed by atoms with van der Waals surface area (Å²) >= 11 is 0. The van der Waals surface area contributed by atoms with E-state index in [1.807, 2.05) is 6.07 Å². The number of nitrogens with zero attached hydrogens (tertiary/aromatic N) is 5. The fraction of sp³-hybridized carbons (Fsp3) is 0.300. The minimum atomic E-state index is 0.411. The molecule has 0 radical (unpaired) electrons. The Morgan fingerprint density at radius 1 is 1.53 bits per heavy atom. The highest BCUT2D eigenvalue weighted by Gasteiger charge is 2.05. The normalized spacial score (nSPS) is 9.88. The van der Waals surface area contributed by atoms with E-state index in [-0.39, 0.29) is 0 Å². The third-order valence-electron chi connectivity index (χ3n) is 2.03. The van der Waals surface area contributed by atoms with E-state index in [0.29, 0.717) is 36.1 Å². The first-order chi connectivity index (χ1) is 8.29. The number of rotatable bonds is 4. The Hall–Kier alpha value is -2.49. The maximum atomic E-state index is 8.83. The average molecular weight is 230 g/mol. The van der Waals surface area contributed by atoms with Crippen LogP contribution in [0.4, 0.5) is 5.82 Å². The van der Waals surface area contributed by atoms with Gasteiger partial charge in [-0.2, -0.15) is 10.2 Å². The van der Waals surface area contributed by atoms with Crippen molar-refractivity contribution in [3.05, 3.63) is 29.8 Å². The summed E-state index contributed by atoms with van der Waals surface area (Å²) in [5, 5.41) is 15.5. The number of nitrogens with one attached hydrogen (secondary N) is 1. The van der Waals surface area contributed by atoms with Gasteiger partial charge >= 0.3 is 0 Å². The molecule has 2 rings (SSSR count). The minimum absolute atomic E-state index is 0.411. The van der Waals surface area contributed by atoms with Gasteiger partial charge in [-0.25, -0.2) is 9.97 Å². The summed E-state index contributed by atoms with van der Waals surface area (Å²) < 4.78 is 4.96. The zero-order valence-electron chi connectivity index (χ0n) is 9.21. The number of aryl methyl sites for hydroxylation is 1. The largest absolute Gasteiger partial charge is 0.368 e. The molecule has 7 heteroatoms. The summed E-state index contributed by atoms with van der Waals surface area (Å²) in [4.78, 5) is 11.8. The van der Waals surface area contributed by atoms with Crippen LogP contribution < -0.4 is 5.32 Å². The van der Waals surface area contributed by atoms with Gasteiger partial charge in [-0.15, -0.1) is 0 Å². The molecule has 0 aliphatic carbocycles. The van der Waals surface area contributed by atoms with E-state index < -0.39 is 0 Å². The van der Waals surface area contributed by atoms with Crippen molar-refractivity contribution in [2.24, 2.45) is 0 Å². The van der Waals surface area contributed by atoms with Crippen molar-refractivity contribution >= 4 is 5.82 Å². The van der Waals surface area contributed by atoms with Crippen LogP contribution in [0.2, 0.25) is 0 Å². The molecule has 17 heavy (non-hydrogen) atoms. The number of nitriles is 1. The van der Waals surface area contributed by atoms with Crippen LogP contribution >= 0.6 is 0 Å². The second kappa shape index (κ2) is 5.03. The third-order valence-corrected chi connectivity index (χ3v) is 2.03. The van der Waals surface area contributed by atoms with Crippen molar-refractivity contribution in [2.45, 2.75) is 13.3 Å². The van der Waals surface area contributed by atoms with Crippen LogP contribution in [0.3, 0.4) is 0 Å². The van der Waals surface area contributed by atoms with Crippen LogP contribution in [0.5, 0.6) is 0 Å². The molecule has 0 aliphatic heterocycles. The molecule has 0 spiro atoms. The monoisotopic (exact) mass is 230 g/mol. The van der Waals surface area contributed by atoms with Crippen molar-refractivity contribution in [3.8, 4) is 6.07 Å². The van der Waals surface area contributed by atoms with Gasteiger partial charge in [-0.1, -0.05) is 5.16 Å². The molecule has 0 saturated heterocycles. The molecule has 0 aromatic carbocycles. The van der Waals surface area contributed by atoms with E-state index in [0.717, 1.165) is 0 Å². The number of anilines is 1. The highest BCUT2D eigenvalue weighted by molar-refractivity contribution is 5.49. The van der Waals surface area contributed by atoms with Gasteiger partial charge in [0.15, 0.2) is 5.82 Å². The molecule has 0 aliphatic rings. The SMILES string of the molecule is Cc1noc(CCNc2ncncc2C#N)n1. The summed E-state index contributed by atoms with van der Waals surface area (Å²) in [7, 11) is 0. The second-order valence-corrected chi connectivity index (χ2v) is 3.31. The first-order valence-electron chi connectivity index (χ1n) is 5.03. The van der Waals surface area contributed by atoms with E-state index in [4.69, 9.17) is 9.78 Å². The molecule has 0 fully saturated rings. The van der Waals surface area contributed by atoms with E-state index in [1.165, 1.54) is 12.5 Å². The topological polar surface area (TPSA) is 101 Å². The van der Waals surface area contributed by atoms with Gasteiger partial charge in [0, 0.05) is 13.0 Å². The second-order valence-electron chi connectivity index (χ2n) is 3.31. The van der Waals surface area contributed by atoms with Gasteiger partial charge in [-0.05, 0) is 6.92 Å². The Labute approximate surface area is 97.5 Å². The fourth-order valence-electron chi connectivity index (χ4n) is 1.28. The third kappa shape index (κ3) is 2.75. The number of hydrogen-bond acceptors (Lipinski definition) is 7. The van der Waals surface area contributed by atoms with Crippen LogP contribution in [0.1, 0.15) is 17.3 Å². The van der Waals surface area contributed by atoms with Crippen LogP contribution in [0.15, 0.2) is 17.0 Å². The Morgan fingerprint density at radius 3 is 3.12 bits per heavy atom. The summed E-state index contributed by atoms with van der Waals surface area (Å²) in [5.41, 5.74) is 0.411. The lowest BCUT2D eigenvalue weighted by Gasteiger charge is -2.03. The van der Waals surface area contributed by atoms with Gasteiger partial charge < -0.3 is 9.84 Å². The van der Waals surface area contributed by atoms with Crippen molar-refractivity contribution in [3.63, 3.8) is 0 Å². The van der Waals surface area contributed by atoms with Crippen LogP contribution in [-0.2, 0) is 6.42 Å². The molecule has 0 unspecified atom stereocenters. The van der Waals surface area contributed by atoms with Gasteiger partial charge in [0.05, 0.1) is 6.20 Å². The molecule has 2 aromatic rings. The van der Waals surface area contributed by atoms with E-state index in [1.54, 1.807) is 6.92 Å². The molecule has 7 nitrogen and oxygen atoms in total. The van der Waals surface area contributed by atoms with Gasteiger partial charge in [0.25, 0.3) is 0 Å². The molecule has 1 N–H and O–H groups in total. The fourth-order valence-corrected chi connectivity index (χ4v) is 1.28. The molecule has 86 valence electrons. The molecule has 0 amide bonds. The molecular formula is C10H10N6O. The zero-order chi connectivity index (χ0) is 12.1. The highest BCUT2D eigenvalue weighted by Crippen LogP contribution is 2.08. The number of aromatic nitrogens is 4. The van der Waals surface area contributed by atoms with E-state index in [2.05, 4.69) is 25.4 Å². The molecule has 0 saturated carbocycles. The van der Waals surface area contributed by atoms with E-state index >= 15 is 0 Å². The Bertz CT molecular complexity index is 544. The van der Waals surface area contributed by atoms with Crippen LogP contribution in [0.25, 0.3) is 0 Å². The minimum Gasteiger partial charge on any atom is -0.368 e. The standard InChI is InChI=1S/C10H10N6O/c1-7-15-9(17-16-7)2-3-13-10-8(4-11)5-12-6-14-10/h5-6H,2-3H2,1H3,(H,12,13,14). The van der Waals surface area contributed by atoms with Crippen molar-refractivity contribution in [1.82, 2.24) is 20.1 Å². The lowest BCUT2D eigenvalue weighted by Crippen LogP contribution is -2.08. The smallest absolute Gasteiger partial charge is 0.228 e. The average Bonchev–Trinajstić information content (AvgIpc) is 2.76. The lowest BCUT2D eigenvalue weighted by molar-refractivity contribution is 0.377. The summed E-state index contributed by atoms with van der Waals surface area (Å²) in [5.74, 6) is 1.68. The molecule has 0 bridgehead atoms. The first kappa shape index (κ1) is 11.0. The lowest BCUT2D eigenvalue weighted by atomic mass is 10.3. The Morgan fingerprint density at radius 2 is 2.41 bits per heavy atom. The molecular weight excluding hydrogens is 220 g/mol. The Kier molecular flexibility index (Phi) is 3.25. The van der Waals surface area contributed by atoms with Crippen LogP contribution in [0, 0.1) is 18.3 Å². The van der Waals surface area contributed by atoms with Gasteiger partial charge in [-0.3, -0.25) is 0 Å². The van der Waals surface area contributed by atoms with Crippen molar-refractivity contribution in [1.29, 1.82) is 5.26 Å². The Balaban J connectivity index is 1.92. The van der Waals surface area contributed by atoms with Crippen molar-refractivity contribution in [2.75, 3.05) is 11.9 Å². The van der Waals surface area contributed by atoms with Gasteiger partial charge in [0.1, 0.15) is 23.8 Å². The zero-order valence-corrected chi connectivity index (χ0v) is 9.21. The first-order valence-corrected chi connectivity index (χ1v) is 5.03. The summed E-state index contributed by atoms with van der Waals surface area (Å²) in [6.07, 6.45) is 3.43. The predicted octanol–water partition coefficient (Wildman–Crippen LogP) is 0.694. The quantitative estimate of drug-likeness (QED) is 0.824.